The summed E-state index contributed by atoms with van der Waals surface area (Å²) in [5.41, 5.74) is 2.25. The lowest BCUT2D eigenvalue weighted by atomic mass is 10.1. The molecule has 0 amide bonds. The predicted molar refractivity (Wildman–Crippen MR) is 119 cm³/mol. The lowest BCUT2D eigenvalue weighted by molar-refractivity contribution is 0.0992. The van der Waals surface area contributed by atoms with Crippen LogP contribution in [0.5, 0.6) is 0 Å². The van der Waals surface area contributed by atoms with Crippen molar-refractivity contribution in [1.82, 2.24) is 8.96 Å². The van der Waals surface area contributed by atoms with E-state index in [1.54, 1.807) is 54.7 Å². The Morgan fingerprint density at radius 1 is 1.13 bits per heavy atom. The number of benzene rings is 2. The van der Waals surface area contributed by atoms with Crippen molar-refractivity contribution < 1.29 is 13.2 Å². The van der Waals surface area contributed by atoms with Crippen molar-refractivity contribution >= 4 is 38.3 Å². The van der Waals surface area contributed by atoms with Crippen LogP contribution >= 0.6 is 11.6 Å². The third-order valence-corrected chi connectivity index (χ3v) is 6.92. The number of hydrogen-bond acceptors (Lipinski definition) is 5. The van der Waals surface area contributed by atoms with Gasteiger partial charge in [-0.3, -0.25) is 9.78 Å². The highest BCUT2D eigenvalue weighted by atomic mass is 35.5. The first kappa shape index (κ1) is 20.8. The molecule has 2 aromatic carbocycles. The van der Waals surface area contributed by atoms with Crippen molar-refractivity contribution in [3.8, 4) is 17.3 Å². The normalized spacial score (nSPS) is 11.4. The van der Waals surface area contributed by atoms with E-state index in [1.807, 2.05) is 6.92 Å². The van der Waals surface area contributed by atoms with Crippen LogP contribution in [0, 0.1) is 18.3 Å². The van der Waals surface area contributed by atoms with Gasteiger partial charge in [-0.25, -0.2) is 12.4 Å². The van der Waals surface area contributed by atoms with Gasteiger partial charge >= 0.3 is 0 Å². The Morgan fingerprint density at radius 2 is 1.87 bits per heavy atom. The van der Waals surface area contributed by atoms with E-state index in [1.165, 1.54) is 18.2 Å². The number of pyridine rings is 1. The Labute approximate surface area is 184 Å². The molecule has 2 heterocycles. The number of aromatic nitrogens is 2. The van der Waals surface area contributed by atoms with Crippen LogP contribution in [0.3, 0.4) is 0 Å². The molecule has 0 fully saturated rings. The smallest absolute Gasteiger partial charge is 0.268 e. The largest absolute Gasteiger partial charge is 0.291 e. The van der Waals surface area contributed by atoms with E-state index in [4.69, 9.17) is 16.9 Å². The summed E-state index contributed by atoms with van der Waals surface area (Å²) in [5, 5.41) is 9.95. The molecule has 6 nitrogen and oxygen atoms in total. The number of fused-ring (bicyclic) bond motifs is 1. The summed E-state index contributed by atoms with van der Waals surface area (Å²) in [4.78, 5) is 17.0. The number of Topliss-reactive ketones (excluding diaryl/α,β-unsaturated/α-hetero) is 1. The van der Waals surface area contributed by atoms with Gasteiger partial charge in [-0.15, -0.1) is 0 Å². The lowest BCUT2D eigenvalue weighted by Gasteiger charge is -2.12. The molecule has 0 aliphatic rings. The van der Waals surface area contributed by atoms with Crippen LogP contribution in [-0.2, 0) is 10.0 Å². The van der Waals surface area contributed by atoms with Crippen molar-refractivity contribution in [3.63, 3.8) is 0 Å². The standard InChI is InChI=1S/C23H16ClN3O3S/c1-15-4-8-18(9-5-15)31(29,30)27-20-14-17(23-19(24)3-2-12-26-23)7-6-16(20)13-21(27)22(28)10-11-25/h2-9,12-14H,10H2,1H3. The molecule has 4 aromatic rings. The van der Waals surface area contributed by atoms with Gasteiger partial charge in [-0.2, -0.15) is 5.26 Å². The minimum atomic E-state index is -4.11. The molecule has 2 aromatic heterocycles. The maximum Gasteiger partial charge on any atom is 0.268 e. The molecule has 154 valence electrons. The molecule has 0 bridgehead atoms. The summed E-state index contributed by atoms with van der Waals surface area (Å²) < 4.78 is 28.1. The molecule has 0 spiro atoms. The van der Waals surface area contributed by atoms with Crippen LogP contribution < -0.4 is 0 Å². The van der Waals surface area contributed by atoms with E-state index in [0.29, 0.717) is 27.2 Å². The van der Waals surface area contributed by atoms with Crippen LogP contribution in [0.1, 0.15) is 22.5 Å². The highest BCUT2D eigenvalue weighted by molar-refractivity contribution is 7.90. The molecule has 0 unspecified atom stereocenters. The van der Waals surface area contributed by atoms with Crippen molar-refractivity contribution in [2.45, 2.75) is 18.2 Å². The molecule has 0 aliphatic heterocycles. The Hall–Kier alpha value is -3.47. The van der Waals surface area contributed by atoms with Crippen LogP contribution in [-0.4, -0.2) is 23.2 Å². The molecule has 0 saturated heterocycles. The molecule has 0 aliphatic carbocycles. The van der Waals surface area contributed by atoms with Gasteiger partial charge in [-0.05, 0) is 43.3 Å². The Balaban J connectivity index is 2.02. The summed E-state index contributed by atoms with van der Waals surface area (Å²) in [6.07, 6.45) is 1.16. The van der Waals surface area contributed by atoms with Gasteiger partial charge in [0.25, 0.3) is 10.0 Å². The molecule has 0 radical (unpaired) electrons. The quantitative estimate of drug-likeness (QED) is 0.400. The van der Waals surface area contributed by atoms with Crippen molar-refractivity contribution in [3.05, 3.63) is 83.1 Å². The molecular formula is C23H16ClN3O3S. The molecule has 4 rings (SSSR count). The zero-order valence-corrected chi connectivity index (χ0v) is 18.0. The van der Waals surface area contributed by atoms with Gasteiger partial charge in [-0.1, -0.05) is 41.4 Å². The SMILES string of the molecule is Cc1ccc(S(=O)(=O)n2c(C(=O)CC#N)cc3ccc(-c4ncccc4Cl)cc32)cc1. The topological polar surface area (TPSA) is 92.8 Å². The van der Waals surface area contributed by atoms with Crippen LogP contribution in [0.25, 0.3) is 22.2 Å². The van der Waals surface area contributed by atoms with Gasteiger partial charge in [0.05, 0.1) is 27.2 Å². The van der Waals surface area contributed by atoms with E-state index in [0.717, 1.165) is 9.54 Å². The number of rotatable bonds is 5. The molecule has 31 heavy (non-hydrogen) atoms. The zero-order valence-electron chi connectivity index (χ0n) is 16.4. The minimum Gasteiger partial charge on any atom is -0.291 e. The van der Waals surface area contributed by atoms with E-state index >= 15 is 0 Å². The summed E-state index contributed by atoms with van der Waals surface area (Å²) in [7, 11) is -4.11. The first-order valence-electron chi connectivity index (χ1n) is 9.31. The van der Waals surface area contributed by atoms with Gasteiger partial charge in [0.2, 0.25) is 0 Å². The number of aryl methyl sites for hydroxylation is 1. The number of nitrogens with zero attached hydrogens (tertiary/aromatic N) is 3. The average molecular weight is 450 g/mol. The Kier molecular flexibility index (Phi) is 5.36. The zero-order chi connectivity index (χ0) is 22.2. The van der Waals surface area contributed by atoms with Gasteiger partial charge < -0.3 is 0 Å². The van der Waals surface area contributed by atoms with Gasteiger partial charge in [0.15, 0.2) is 5.78 Å². The van der Waals surface area contributed by atoms with Crippen LogP contribution in [0.2, 0.25) is 5.02 Å². The van der Waals surface area contributed by atoms with Gasteiger partial charge in [0, 0.05) is 17.1 Å². The molecular weight excluding hydrogens is 434 g/mol. The number of nitriles is 1. The number of carbonyl (C=O) groups is 1. The fraction of sp³-hybridized carbons (Fsp3) is 0.0870. The Morgan fingerprint density at radius 3 is 2.55 bits per heavy atom. The molecule has 0 atom stereocenters. The maximum atomic E-state index is 13.6. The number of ketones is 1. The third-order valence-electron chi connectivity index (χ3n) is 4.88. The van der Waals surface area contributed by atoms with Crippen LogP contribution in [0.4, 0.5) is 0 Å². The fourth-order valence-corrected chi connectivity index (χ4v) is 5.11. The number of carbonyl (C=O) groups excluding carboxylic acids is 1. The molecule has 0 N–H and O–H groups in total. The molecule has 0 saturated carbocycles. The monoisotopic (exact) mass is 449 g/mol. The first-order valence-corrected chi connectivity index (χ1v) is 11.1. The van der Waals surface area contributed by atoms with Crippen molar-refractivity contribution in [2.24, 2.45) is 0 Å². The maximum absolute atomic E-state index is 13.6. The summed E-state index contributed by atoms with van der Waals surface area (Å²) in [6.45, 7) is 1.85. The molecule has 8 heteroatoms. The second kappa shape index (κ2) is 7.99. The van der Waals surface area contributed by atoms with E-state index in [9.17, 15) is 13.2 Å². The minimum absolute atomic E-state index is 0.0443. The predicted octanol–water partition coefficient (Wildman–Crippen LogP) is 5.00. The summed E-state index contributed by atoms with van der Waals surface area (Å²) >= 11 is 6.27. The summed E-state index contributed by atoms with van der Waals surface area (Å²) in [5.74, 6) is -0.577. The number of hydrogen-bond donors (Lipinski definition) is 0. The van der Waals surface area contributed by atoms with Crippen LogP contribution in [0.15, 0.2) is 71.8 Å². The van der Waals surface area contributed by atoms with E-state index in [2.05, 4.69) is 4.98 Å². The number of halogens is 1. The Bertz CT molecular complexity index is 1470. The highest BCUT2D eigenvalue weighted by Gasteiger charge is 2.26. The summed E-state index contributed by atoms with van der Waals surface area (Å²) in [6, 6.07) is 18.2. The second-order valence-corrected chi connectivity index (χ2v) is 9.17. The second-order valence-electron chi connectivity index (χ2n) is 6.98. The van der Waals surface area contributed by atoms with E-state index < -0.39 is 22.2 Å². The fourth-order valence-electron chi connectivity index (χ4n) is 3.35. The highest BCUT2D eigenvalue weighted by Crippen LogP contribution is 2.32. The van der Waals surface area contributed by atoms with Gasteiger partial charge in [0.1, 0.15) is 12.1 Å². The first-order chi connectivity index (χ1) is 14.8. The lowest BCUT2D eigenvalue weighted by Crippen LogP contribution is -2.18. The van der Waals surface area contributed by atoms with E-state index in [-0.39, 0.29) is 10.6 Å². The van der Waals surface area contributed by atoms with Crippen molar-refractivity contribution in [2.75, 3.05) is 0 Å². The average Bonchev–Trinajstić information content (AvgIpc) is 3.14. The van der Waals surface area contributed by atoms with Crippen molar-refractivity contribution in [1.29, 1.82) is 5.26 Å². The third kappa shape index (κ3) is 3.72.